The van der Waals surface area contributed by atoms with Crippen LogP contribution in [-0.2, 0) is 23.8 Å². The first-order valence-electron chi connectivity index (χ1n) is 10.6. The van der Waals surface area contributed by atoms with Crippen LogP contribution in [0.25, 0.3) is 0 Å². The summed E-state index contributed by atoms with van der Waals surface area (Å²) in [6, 6.07) is 0. The van der Waals surface area contributed by atoms with Crippen molar-refractivity contribution in [3.05, 3.63) is 0 Å². The van der Waals surface area contributed by atoms with Crippen molar-refractivity contribution in [2.45, 2.75) is 85.2 Å². The van der Waals surface area contributed by atoms with E-state index >= 15 is 0 Å². The van der Waals surface area contributed by atoms with Crippen molar-refractivity contribution in [2.24, 2.45) is 39.9 Å². The average molecular weight is 376 g/mol. The van der Waals surface area contributed by atoms with Crippen molar-refractivity contribution in [1.82, 2.24) is 0 Å². The molecule has 2 heterocycles. The number of esters is 2. The van der Waals surface area contributed by atoms with Gasteiger partial charge in [0.2, 0.25) is 6.29 Å². The van der Waals surface area contributed by atoms with Crippen molar-refractivity contribution >= 4 is 11.9 Å². The standard InChI is InChI=1S/C22H32O5/c1-11-13-9-15(25-12(2)23)16-20(3,4)7-6-8-21(16,5)14(13)10-22(11)17-18(26-17)27-19(22)24/h11,13-18H,6-10H2,1-5H3/t11-,13+,14+,15-,16+,17+,18+,21-,22+/m1/s1. The van der Waals surface area contributed by atoms with Crippen LogP contribution in [0.4, 0.5) is 0 Å². The van der Waals surface area contributed by atoms with Gasteiger partial charge in [-0.3, -0.25) is 9.59 Å². The van der Waals surface area contributed by atoms with E-state index in [9.17, 15) is 9.59 Å². The van der Waals surface area contributed by atoms with Crippen LogP contribution < -0.4 is 0 Å². The highest BCUT2D eigenvalue weighted by molar-refractivity contribution is 5.82. The van der Waals surface area contributed by atoms with Crippen molar-refractivity contribution in [1.29, 1.82) is 0 Å². The molecule has 5 heteroatoms. The fourth-order valence-corrected chi connectivity index (χ4v) is 8.26. The Morgan fingerprint density at radius 1 is 1.22 bits per heavy atom. The molecule has 27 heavy (non-hydrogen) atoms. The Balaban J connectivity index is 1.57. The minimum Gasteiger partial charge on any atom is -0.462 e. The fraction of sp³-hybridized carbons (Fsp3) is 0.909. The molecule has 0 unspecified atom stereocenters. The molecule has 150 valence electrons. The number of hydrogen-bond donors (Lipinski definition) is 0. The van der Waals surface area contributed by atoms with Gasteiger partial charge in [-0.15, -0.1) is 0 Å². The summed E-state index contributed by atoms with van der Waals surface area (Å²) in [5.74, 6) is 1.13. The normalized spacial score (nSPS) is 54.7. The van der Waals surface area contributed by atoms with E-state index in [-0.39, 0.29) is 47.2 Å². The Kier molecular flexibility index (Phi) is 3.51. The van der Waals surface area contributed by atoms with E-state index in [4.69, 9.17) is 14.2 Å². The maximum Gasteiger partial charge on any atom is 0.317 e. The number of fused-ring (bicyclic) bond motifs is 5. The number of rotatable bonds is 1. The minimum atomic E-state index is -0.486. The van der Waals surface area contributed by atoms with Gasteiger partial charge in [0.05, 0.1) is 0 Å². The highest BCUT2D eigenvalue weighted by atomic mass is 16.8. The first kappa shape index (κ1) is 18.0. The summed E-state index contributed by atoms with van der Waals surface area (Å²) in [5.41, 5.74) is -0.276. The van der Waals surface area contributed by atoms with E-state index in [1.54, 1.807) is 0 Å². The number of carbonyl (C=O) groups is 2. The van der Waals surface area contributed by atoms with E-state index in [1.165, 1.54) is 19.8 Å². The highest BCUT2D eigenvalue weighted by Crippen LogP contribution is 2.72. The quantitative estimate of drug-likeness (QED) is 0.516. The Morgan fingerprint density at radius 2 is 1.96 bits per heavy atom. The maximum atomic E-state index is 12.9. The van der Waals surface area contributed by atoms with Gasteiger partial charge in [0.15, 0.2) is 0 Å². The third-order valence-corrected chi connectivity index (χ3v) is 9.22. The molecule has 2 aliphatic heterocycles. The lowest BCUT2D eigenvalue weighted by Gasteiger charge is -2.60. The molecule has 0 aromatic rings. The second-order valence-electron chi connectivity index (χ2n) is 10.8. The van der Waals surface area contributed by atoms with Gasteiger partial charge in [-0.1, -0.05) is 34.1 Å². The smallest absolute Gasteiger partial charge is 0.317 e. The molecule has 9 atom stereocenters. The summed E-state index contributed by atoms with van der Waals surface area (Å²) < 4.78 is 17.2. The molecule has 0 radical (unpaired) electrons. The molecule has 0 N–H and O–H groups in total. The largest absolute Gasteiger partial charge is 0.462 e. The Morgan fingerprint density at radius 3 is 2.59 bits per heavy atom. The molecule has 5 rings (SSSR count). The van der Waals surface area contributed by atoms with Gasteiger partial charge in [-0.05, 0) is 54.3 Å². The van der Waals surface area contributed by atoms with E-state index < -0.39 is 5.41 Å². The highest BCUT2D eigenvalue weighted by Gasteiger charge is 2.77. The third kappa shape index (κ3) is 2.15. The number of epoxide rings is 1. The van der Waals surface area contributed by atoms with Crippen molar-refractivity contribution in [3.8, 4) is 0 Å². The lowest BCUT2D eigenvalue weighted by molar-refractivity contribution is -0.186. The summed E-state index contributed by atoms with van der Waals surface area (Å²) in [5, 5.41) is 0. The fourth-order valence-electron chi connectivity index (χ4n) is 8.26. The lowest BCUT2D eigenvalue weighted by Crippen LogP contribution is -2.57. The molecule has 3 aliphatic carbocycles. The van der Waals surface area contributed by atoms with Gasteiger partial charge in [-0.2, -0.15) is 0 Å². The topological polar surface area (TPSA) is 65.1 Å². The SMILES string of the molecule is CC(=O)O[C@@H]1C[C@H]2[C@@H](C)[C@]3(C[C@@H]2[C@@]2(C)CCCC(C)(C)[C@H]12)C(=O)O[C@@H]1O[C@@H]13. The monoisotopic (exact) mass is 376 g/mol. The van der Waals surface area contributed by atoms with Crippen LogP contribution in [0.1, 0.15) is 66.7 Å². The molecule has 0 aromatic heterocycles. The second-order valence-corrected chi connectivity index (χ2v) is 10.8. The van der Waals surface area contributed by atoms with Crippen LogP contribution in [0.3, 0.4) is 0 Å². The van der Waals surface area contributed by atoms with E-state index in [0.29, 0.717) is 17.8 Å². The van der Waals surface area contributed by atoms with Crippen molar-refractivity contribution in [2.75, 3.05) is 0 Å². The minimum absolute atomic E-state index is 0.0510. The van der Waals surface area contributed by atoms with Gasteiger partial charge < -0.3 is 14.2 Å². The molecule has 0 bridgehead atoms. The predicted octanol–water partition coefficient (Wildman–Crippen LogP) is 3.69. The zero-order valence-corrected chi connectivity index (χ0v) is 17.1. The summed E-state index contributed by atoms with van der Waals surface area (Å²) in [6.45, 7) is 10.8. The summed E-state index contributed by atoms with van der Waals surface area (Å²) in [4.78, 5) is 24.8. The first-order valence-corrected chi connectivity index (χ1v) is 10.6. The van der Waals surface area contributed by atoms with Gasteiger partial charge in [0.25, 0.3) is 0 Å². The zero-order chi connectivity index (χ0) is 19.4. The zero-order valence-electron chi connectivity index (χ0n) is 17.1. The van der Waals surface area contributed by atoms with Gasteiger partial charge in [0.1, 0.15) is 17.6 Å². The van der Waals surface area contributed by atoms with Gasteiger partial charge in [0, 0.05) is 12.8 Å². The number of hydrogen-bond acceptors (Lipinski definition) is 5. The Hall–Kier alpha value is -1.10. The molecule has 5 nitrogen and oxygen atoms in total. The van der Waals surface area contributed by atoms with Crippen molar-refractivity contribution in [3.63, 3.8) is 0 Å². The van der Waals surface area contributed by atoms with Crippen LogP contribution in [-0.4, -0.2) is 30.4 Å². The second kappa shape index (κ2) is 5.28. The molecule has 5 aliphatic rings. The molecule has 5 fully saturated rings. The molecule has 0 aromatic carbocycles. The Bertz CT molecular complexity index is 701. The van der Waals surface area contributed by atoms with Crippen LogP contribution in [0.15, 0.2) is 0 Å². The van der Waals surface area contributed by atoms with Crippen LogP contribution in [0, 0.1) is 39.9 Å². The summed E-state index contributed by atoms with van der Waals surface area (Å²) in [7, 11) is 0. The maximum absolute atomic E-state index is 12.9. The molecule has 0 amide bonds. The third-order valence-electron chi connectivity index (χ3n) is 9.22. The summed E-state index contributed by atoms with van der Waals surface area (Å²) >= 11 is 0. The van der Waals surface area contributed by atoms with Gasteiger partial charge >= 0.3 is 11.9 Å². The van der Waals surface area contributed by atoms with Crippen LogP contribution >= 0.6 is 0 Å². The molecular formula is C22H32O5. The average Bonchev–Trinajstić information content (AvgIpc) is 3.17. The first-order chi connectivity index (χ1) is 12.6. The summed E-state index contributed by atoms with van der Waals surface area (Å²) in [6.07, 6.45) is 4.81. The van der Waals surface area contributed by atoms with E-state index in [1.807, 2.05) is 0 Å². The van der Waals surface area contributed by atoms with Crippen molar-refractivity contribution < 1.29 is 23.8 Å². The molecule has 3 saturated carbocycles. The molecule has 2 saturated heterocycles. The van der Waals surface area contributed by atoms with Crippen LogP contribution in [0.2, 0.25) is 0 Å². The van der Waals surface area contributed by atoms with E-state index in [2.05, 4.69) is 27.7 Å². The Labute approximate surface area is 161 Å². The molecule has 1 spiro atoms. The number of carbonyl (C=O) groups excluding carboxylic acids is 2. The van der Waals surface area contributed by atoms with Crippen LogP contribution in [0.5, 0.6) is 0 Å². The lowest BCUT2D eigenvalue weighted by atomic mass is 9.45. The predicted molar refractivity (Wildman–Crippen MR) is 97.3 cm³/mol. The molecular weight excluding hydrogens is 344 g/mol. The van der Waals surface area contributed by atoms with E-state index in [0.717, 1.165) is 19.3 Å². The number of ether oxygens (including phenoxy) is 3. The van der Waals surface area contributed by atoms with Gasteiger partial charge in [-0.25, -0.2) is 0 Å².